The van der Waals surface area contributed by atoms with Gasteiger partial charge in [0.1, 0.15) is 0 Å². The summed E-state index contributed by atoms with van der Waals surface area (Å²) in [6.45, 7) is 1.88. The van der Waals surface area contributed by atoms with Crippen molar-refractivity contribution in [1.29, 1.82) is 0 Å². The maximum absolute atomic E-state index is 11.4. The van der Waals surface area contributed by atoms with Gasteiger partial charge >= 0.3 is 5.97 Å². The highest BCUT2D eigenvalue weighted by molar-refractivity contribution is 6.13. The second-order valence-corrected chi connectivity index (χ2v) is 3.90. The number of aryl methyl sites for hydroxylation is 1. The Bertz CT molecular complexity index is 743. The fraction of sp³-hybridized carbons (Fsp3) is 0.0769. The number of nitrogens with zero attached hydrogens (tertiary/aromatic N) is 1. The molecule has 0 radical (unpaired) electrons. The van der Waals surface area contributed by atoms with Crippen molar-refractivity contribution >= 4 is 28.0 Å². The van der Waals surface area contributed by atoms with E-state index in [4.69, 9.17) is 4.42 Å². The van der Waals surface area contributed by atoms with Gasteiger partial charge in [-0.2, -0.15) is 0 Å². The molecule has 84 valence electrons. The number of aromatic carboxylic acids is 1. The smallest absolute Gasteiger partial charge is 0.337 e. The first-order valence-electron chi connectivity index (χ1n) is 5.18. The molecule has 0 bridgehead atoms. The van der Waals surface area contributed by atoms with E-state index in [-0.39, 0.29) is 5.56 Å². The Balaban J connectivity index is 2.65. The van der Waals surface area contributed by atoms with E-state index in [9.17, 15) is 9.90 Å². The molecule has 0 aliphatic heterocycles. The zero-order chi connectivity index (χ0) is 12.0. The molecule has 0 unspecified atom stereocenters. The summed E-state index contributed by atoms with van der Waals surface area (Å²) in [5, 5.41) is 10.6. The molecule has 4 nitrogen and oxygen atoms in total. The van der Waals surface area contributed by atoms with Crippen LogP contribution in [0.2, 0.25) is 0 Å². The van der Waals surface area contributed by atoms with Gasteiger partial charge in [0.25, 0.3) is 0 Å². The van der Waals surface area contributed by atoms with Gasteiger partial charge in [0.15, 0.2) is 0 Å². The molecule has 2 aromatic heterocycles. The van der Waals surface area contributed by atoms with E-state index in [2.05, 4.69) is 4.98 Å². The van der Waals surface area contributed by atoms with E-state index in [1.54, 1.807) is 12.1 Å². The highest BCUT2D eigenvalue weighted by atomic mass is 16.4. The molecule has 0 amide bonds. The fourth-order valence-electron chi connectivity index (χ4n) is 2.12. The quantitative estimate of drug-likeness (QED) is 0.694. The van der Waals surface area contributed by atoms with Crippen molar-refractivity contribution in [3.05, 3.63) is 41.7 Å². The van der Waals surface area contributed by atoms with Crippen LogP contribution < -0.4 is 0 Å². The van der Waals surface area contributed by atoms with Crippen molar-refractivity contribution in [3.63, 3.8) is 0 Å². The number of benzene rings is 1. The van der Waals surface area contributed by atoms with Crippen LogP contribution in [-0.2, 0) is 0 Å². The Morgan fingerprint density at radius 2 is 2.18 bits per heavy atom. The summed E-state index contributed by atoms with van der Waals surface area (Å²) in [7, 11) is 0. The van der Waals surface area contributed by atoms with Crippen LogP contribution in [0.5, 0.6) is 0 Å². The number of carbonyl (C=O) groups is 1. The zero-order valence-electron chi connectivity index (χ0n) is 9.10. The summed E-state index contributed by atoms with van der Waals surface area (Å²) in [6.07, 6.45) is 1.46. The first-order valence-corrected chi connectivity index (χ1v) is 5.18. The summed E-state index contributed by atoms with van der Waals surface area (Å²) in [5.41, 5.74) is 2.16. The van der Waals surface area contributed by atoms with Gasteiger partial charge in [0.2, 0.25) is 5.71 Å². The number of carboxylic acid groups (broad SMARTS) is 1. The number of pyridine rings is 1. The van der Waals surface area contributed by atoms with E-state index in [1.807, 2.05) is 19.1 Å². The lowest BCUT2D eigenvalue weighted by Gasteiger charge is -2.06. The number of fused-ring (bicyclic) bond motifs is 2. The van der Waals surface area contributed by atoms with Gasteiger partial charge < -0.3 is 9.52 Å². The highest BCUT2D eigenvalue weighted by Crippen LogP contribution is 2.28. The Hall–Kier alpha value is -2.36. The topological polar surface area (TPSA) is 63.3 Å². The first kappa shape index (κ1) is 9.84. The van der Waals surface area contributed by atoms with Crippen LogP contribution in [0.4, 0.5) is 0 Å². The molecule has 0 saturated heterocycles. The van der Waals surface area contributed by atoms with Gasteiger partial charge in [0, 0.05) is 5.39 Å². The third kappa shape index (κ3) is 1.30. The average molecular weight is 227 g/mol. The molecule has 3 aromatic rings. The standard InChI is InChI=1S/C13H9NO3/c1-7-3-2-4-9-10(7)11(13(15)16)8-5-6-17-12(8)14-9/h2-6H,1H3,(H,15,16). The van der Waals surface area contributed by atoms with Crippen LogP contribution in [0.1, 0.15) is 15.9 Å². The molecule has 1 aromatic carbocycles. The molecule has 2 heterocycles. The molecule has 17 heavy (non-hydrogen) atoms. The molecule has 0 saturated carbocycles. The predicted octanol–water partition coefficient (Wildman–Crippen LogP) is 2.99. The fourth-order valence-corrected chi connectivity index (χ4v) is 2.12. The van der Waals surface area contributed by atoms with Crippen LogP contribution in [0, 0.1) is 6.92 Å². The van der Waals surface area contributed by atoms with Gasteiger partial charge in [-0.15, -0.1) is 0 Å². The summed E-state index contributed by atoms with van der Waals surface area (Å²) >= 11 is 0. The highest BCUT2D eigenvalue weighted by Gasteiger charge is 2.17. The normalized spacial score (nSPS) is 11.1. The maximum atomic E-state index is 11.4. The van der Waals surface area contributed by atoms with Crippen molar-refractivity contribution in [3.8, 4) is 0 Å². The minimum atomic E-state index is -0.960. The third-order valence-corrected chi connectivity index (χ3v) is 2.85. The molecule has 0 aliphatic rings. The SMILES string of the molecule is Cc1cccc2nc3occc3c(C(=O)O)c12. The Kier molecular flexibility index (Phi) is 1.92. The number of aromatic nitrogens is 1. The van der Waals surface area contributed by atoms with Crippen LogP contribution in [-0.4, -0.2) is 16.1 Å². The van der Waals surface area contributed by atoms with Crippen molar-refractivity contribution in [2.45, 2.75) is 6.92 Å². The summed E-state index contributed by atoms with van der Waals surface area (Å²) in [4.78, 5) is 15.7. The summed E-state index contributed by atoms with van der Waals surface area (Å²) < 4.78 is 5.18. The van der Waals surface area contributed by atoms with Gasteiger partial charge in [-0.1, -0.05) is 12.1 Å². The number of hydrogen-bond acceptors (Lipinski definition) is 3. The minimum Gasteiger partial charge on any atom is -0.478 e. The van der Waals surface area contributed by atoms with Crippen molar-refractivity contribution in [2.24, 2.45) is 0 Å². The number of hydrogen-bond donors (Lipinski definition) is 1. The van der Waals surface area contributed by atoms with Crippen molar-refractivity contribution < 1.29 is 14.3 Å². The van der Waals surface area contributed by atoms with Crippen LogP contribution >= 0.6 is 0 Å². The first-order chi connectivity index (χ1) is 8.18. The van der Waals surface area contributed by atoms with E-state index in [0.29, 0.717) is 22.0 Å². The van der Waals surface area contributed by atoms with E-state index in [0.717, 1.165) is 5.56 Å². The van der Waals surface area contributed by atoms with E-state index < -0.39 is 5.97 Å². The lowest BCUT2D eigenvalue weighted by Crippen LogP contribution is -2.01. The van der Waals surface area contributed by atoms with Crippen LogP contribution in [0.3, 0.4) is 0 Å². The monoisotopic (exact) mass is 227 g/mol. The lowest BCUT2D eigenvalue weighted by atomic mass is 10.0. The second kappa shape index (κ2) is 3.31. The zero-order valence-corrected chi connectivity index (χ0v) is 9.10. The average Bonchev–Trinajstić information content (AvgIpc) is 2.73. The number of rotatable bonds is 1. The molecular formula is C13H9NO3. The largest absolute Gasteiger partial charge is 0.478 e. The molecule has 0 atom stereocenters. The maximum Gasteiger partial charge on any atom is 0.337 e. The number of furan rings is 1. The van der Waals surface area contributed by atoms with Gasteiger partial charge in [0.05, 0.1) is 22.7 Å². The lowest BCUT2D eigenvalue weighted by molar-refractivity contribution is 0.0701. The van der Waals surface area contributed by atoms with Crippen molar-refractivity contribution in [1.82, 2.24) is 4.98 Å². The van der Waals surface area contributed by atoms with E-state index >= 15 is 0 Å². The Morgan fingerprint density at radius 1 is 1.35 bits per heavy atom. The Morgan fingerprint density at radius 3 is 2.94 bits per heavy atom. The molecule has 0 spiro atoms. The Labute approximate surface area is 96.5 Å². The molecule has 4 heteroatoms. The predicted molar refractivity (Wildman–Crippen MR) is 63.2 cm³/mol. The molecule has 3 rings (SSSR count). The van der Waals surface area contributed by atoms with Gasteiger partial charge in [-0.3, -0.25) is 0 Å². The summed E-state index contributed by atoms with van der Waals surface area (Å²) in [5.74, 6) is -0.960. The van der Waals surface area contributed by atoms with Crippen molar-refractivity contribution in [2.75, 3.05) is 0 Å². The molecule has 1 N–H and O–H groups in total. The van der Waals surface area contributed by atoms with Gasteiger partial charge in [-0.25, -0.2) is 9.78 Å². The summed E-state index contributed by atoms with van der Waals surface area (Å²) in [6, 6.07) is 7.15. The minimum absolute atomic E-state index is 0.261. The molecule has 0 aliphatic carbocycles. The van der Waals surface area contributed by atoms with Crippen LogP contribution in [0.15, 0.2) is 34.9 Å². The van der Waals surface area contributed by atoms with Crippen LogP contribution in [0.25, 0.3) is 22.0 Å². The molecule has 0 fully saturated rings. The van der Waals surface area contributed by atoms with Gasteiger partial charge in [-0.05, 0) is 24.6 Å². The van der Waals surface area contributed by atoms with E-state index in [1.165, 1.54) is 6.26 Å². The third-order valence-electron chi connectivity index (χ3n) is 2.85. The second-order valence-electron chi connectivity index (χ2n) is 3.90. The number of carboxylic acids is 1. The molecular weight excluding hydrogens is 218 g/mol.